The van der Waals surface area contributed by atoms with Crippen LogP contribution in [0.2, 0.25) is 5.02 Å². The molecule has 2 aromatic carbocycles. The summed E-state index contributed by atoms with van der Waals surface area (Å²) >= 11 is 7.48. The van der Waals surface area contributed by atoms with E-state index in [0.717, 1.165) is 16.8 Å². The maximum Gasteiger partial charge on any atom is 0.264 e. The van der Waals surface area contributed by atoms with Gasteiger partial charge in [0.2, 0.25) is 6.79 Å². The van der Waals surface area contributed by atoms with Crippen molar-refractivity contribution in [3.8, 4) is 11.5 Å². The number of carbonyl (C=O) groups excluding carboxylic acids is 1. The molecule has 0 bridgehead atoms. The van der Waals surface area contributed by atoms with Crippen molar-refractivity contribution in [2.45, 2.75) is 6.92 Å². The van der Waals surface area contributed by atoms with Gasteiger partial charge in [0, 0.05) is 0 Å². The van der Waals surface area contributed by atoms with Gasteiger partial charge in [-0.2, -0.15) is 0 Å². The fourth-order valence-corrected chi connectivity index (χ4v) is 3.61. The number of rotatable bonds is 2. The average Bonchev–Trinajstić information content (AvgIpc) is 3.17. The van der Waals surface area contributed by atoms with Crippen molar-refractivity contribution >= 4 is 46.2 Å². The van der Waals surface area contributed by atoms with Crippen LogP contribution in [0.3, 0.4) is 0 Å². The van der Waals surface area contributed by atoms with Crippen LogP contribution in [0, 0.1) is 6.92 Å². The maximum absolute atomic E-state index is 12.2. The Labute approximate surface area is 153 Å². The normalized spacial score (nSPS) is 18.9. The van der Waals surface area contributed by atoms with Crippen LogP contribution in [0.4, 0.5) is 5.69 Å². The van der Waals surface area contributed by atoms with E-state index in [1.54, 1.807) is 18.2 Å². The molecule has 0 aromatic heterocycles. The number of para-hydroxylation sites is 1. The monoisotopic (exact) mass is 372 g/mol. The number of amidine groups is 1. The molecule has 5 nitrogen and oxygen atoms in total. The molecule has 0 atom stereocenters. The van der Waals surface area contributed by atoms with Crippen LogP contribution in [0.15, 0.2) is 46.3 Å². The Hall–Kier alpha value is -2.44. The van der Waals surface area contributed by atoms with E-state index >= 15 is 0 Å². The number of ether oxygens (including phenoxy) is 2. The Balaban J connectivity index is 1.62. The smallest absolute Gasteiger partial charge is 0.264 e. The highest BCUT2D eigenvalue weighted by Crippen LogP contribution is 2.41. The lowest BCUT2D eigenvalue weighted by Gasteiger charge is -2.01. The molecule has 2 aliphatic heterocycles. The van der Waals surface area contributed by atoms with Gasteiger partial charge in [0.05, 0.1) is 15.6 Å². The summed E-state index contributed by atoms with van der Waals surface area (Å²) in [6.07, 6.45) is 1.76. The second-order valence-electron chi connectivity index (χ2n) is 5.50. The number of halogens is 1. The molecule has 1 saturated heterocycles. The van der Waals surface area contributed by atoms with Crippen LogP contribution in [0.5, 0.6) is 11.5 Å². The lowest BCUT2D eigenvalue weighted by molar-refractivity contribution is -0.115. The van der Waals surface area contributed by atoms with Crippen LogP contribution >= 0.6 is 23.4 Å². The van der Waals surface area contributed by atoms with E-state index in [-0.39, 0.29) is 12.7 Å². The zero-order valence-corrected chi connectivity index (χ0v) is 14.8. The molecule has 1 amide bonds. The third-order valence-corrected chi connectivity index (χ3v) is 4.93. The molecule has 126 valence electrons. The van der Waals surface area contributed by atoms with Gasteiger partial charge in [-0.3, -0.25) is 4.79 Å². The van der Waals surface area contributed by atoms with Crippen molar-refractivity contribution in [3.05, 3.63) is 57.5 Å². The number of aliphatic imine (C=N–C) groups is 1. The summed E-state index contributed by atoms with van der Waals surface area (Å²) in [5.41, 5.74) is 2.64. The number of carbonyl (C=O) groups is 1. The molecule has 7 heteroatoms. The first kappa shape index (κ1) is 16.1. The first-order valence-electron chi connectivity index (χ1n) is 7.54. The topological polar surface area (TPSA) is 59.9 Å². The summed E-state index contributed by atoms with van der Waals surface area (Å²) in [7, 11) is 0. The Bertz CT molecular complexity index is 940. The molecular weight excluding hydrogens is 360 g/mol. The summed E-state index contributed by atoms with van der Waals surface area (Å²) in [6, 6.07) is 11.3. The van der Waals surface area contributed by atoms with Gasteiger partial charge in [0.1, 0.15) is 0 Å². The van der Waals surface area contributed by atoms with Crippen LogP contribution in [0.25, 0.3) is 6.08 Å². The predicted octanol–water partition coefficient (Wildman–Crippen LogP) is 4.27. The predicted molar refractivity (Wildman–Crippen MR) is 99.6 cm³/mol. The molecule has 0 radical (unpaired) electrons. The van der Waals surface area contributed by atoms with Crippen molar-refractivity contribution in [1.82, 2.24) is 5.32 Å². The highest BCUT2D eigenvalue weighted by atomic mass is 35.5. The molecule has 0 saturated carbocycles. The molecule has 4 rings (SSSR count). The molecule has 0 aliphatic carbocycles. The Morgan fingerprint density at radius 1 is 1.28 bits per heavy atom. The Morgan fingerprint density at radius 3 is 2.96 bits per heavy atom. The van der Waals surface area contributed by atoms with Crippen molar-refractivity contribution in [2.24, 2.45) is 4.99 Å². The van der Waals surface area contributed by atoms with Gasteiger partial charge in [-0.25, -0.2) is 4.99 Å². The number of hydrogen-bond donors (Lipinski definition) is 1. The third kappa shape index (κ3) is 3.23. The maximum atomic E-state index is 12.2. The average molecular weight is 373 g/mol. The summed E-state index contributed by atoms with van der Waals surface area (Å²) in [5, 5.41) is 3.79. The Kier molecular flexibility index (Phi) is 4.15. The zero-order valence-electron chi connectivity index (χ0n) is 13.2. The quantitative estimate of drug-likeness (QED) is 0.800. The zero-order chi connectivity index (χ0) is 17.4. The van der Waals surface area contributed by atoms with Gasteiger partial charge in [-0.05, 0) is 54.1 Å². The molecule has 0 spiro atoms. The second kappa shape index (κ2) is 6.46. The first-order chi connectivity index (χ1) is 12.1. The minimum absolute atomic E-state index is 0.150. The van der Waals surface area contributed by atoms with E-state index in [1.165, 1.54) is 11.8 Å². The van der Waals surface area contributed by atoms with Gasteiger partial charge < -0.3 is 14.8 Å². The molecule has 25 heavy (non-hydrogen) atoms. The fraction of sp³-hybridized carbons (Fsp3) is 0.111. The van der Waals surface area contributed by atoms with Crippen LogP contribution < -0.4 is 14.8 Å². The lowest BCUT2D eigenvalue weighted by atomic mass is 10.2. The van der Waals surface area contributed by atoms with Gasteiger partial charge >= 0.3 is 0 Å². The number of amides is 1. The van der Waals surface area contributed by atoms with Crippen LogP contribution in [-0.2, 0) is 4.79 Å². The molecule has 0 unspecified atom stereocenters. The highest BCUT2D eigenvalue weighted by molar-refractivity contribution is 8.18. The van der Waals surface area contributed by atoms with Crippen molar-refractivity contribution in [2.75, 3.05) is 6.79 Å². The molecule has 1 fully saturated rings. The van der Waals surface area contributed by atoms with Crippen LogP contribution in [-0.4, -0.2) is 17.9 Å². The number of fused-ring (bicyclic) bond motifs is 1. The fourth-order valence-electron chi connectivity index (χ4n) is 2.50. The third-order valence-electron chi connectivity index (χ3n) is 3.74. The molecule has 1 N–H and O–H groups in total. The number of hydrogen-bond acceptors (Lipinski definition) is 5. The van der Waals surface area contributed by atoms with Gasteiger partial charge in [-0.15, -0.1) is 0 Å². The SMILES string of the molecule is Cc1ccccc1N=C1NC(=O)/C(=C\c2cc(Cl)c3c(c2)OCO3)S1. The van der Waals surface area contributed by atoms with E-state index in [1.807, 2.05) is 31.2 Å². The summed E-state index contributed by atoms with van der Waals surface area (Å²) in [4.78, 5) is 17.3. The highest BCUT2D eigenvalue weighted by Gasteiger charge is 2.25. The van der Waals surface area contributed by atoms with E-state index in [0.29, 0.717) is 26.6 Å². The van der Waals surface area contributed by atoms with Crippen LogP contribution in [0.1, 0.15) is 11.1 Å². The van der Waals surface area contributed by atoms with Gasteiger partial charge in [0.25, 0.3) is 5.91 Å². The summed E-state index contributed by atoms with van der Waals surface area (Å²) < 4.78 is 10.6. The number of nitrogens with one attached hydrogen (secondary N) is 1. The van der Waals surface area contributed by atoms with Crippen molar-refractivity contribution < 1.29 is 14.3 Å². The number of benzene rings is 2. The van der Waals surface area contributed by atoms with Gasteiger partial charge in [-0.1, -0.05) is 29.8 Å². The van der Waals surface area contributed by atoms with E-state index < -0.39 is 0 Å². The number of aryl methyl sites for hydroxylation is 1. The second-order valence-corrected chi connectivity index (χ2v) is 6.94. The summed E-state index contributed by atoms with van der Waals surface area (Å²) in [5.74, 6) is 0.928. The largest absolute Gasteiger partial charge is 0.454 e. The molecule has 2 aromatic rings. The van der Waals surface area contributed by atoms with E-state index in [2.05, 4.69) is 10.3 Å². The standard InChI is InChI=1S/C18H13ClN2O3S/c1-10-4-2-3-5-13(10)20-18-21-17(22)15(25-18)8-11-6-12(19)16-14(7-11)23-9-24-16/h2-8H,9H2,1H3,(H,20,21,22)/b15-8+. The van der Waals surface area contributed by atoms with E-state index in [9.17, 15) is 4.79 Å². The first-order valence-corrected chi connectivity index (χ1v) is 8.74. The van der Waals surface area contributed by atoms with E-state index in [4.69, 9.17) is 21.1 Å². The Morgan fingerprint density at radius 2 is 2.12 bits per heavy atom. The molecule has 2 heterocycles. The minimum atomic E-state index is -0.189. The summed E-state index contributed by atoms with van der Waals surface area (Å²) in [6.45, 7) is 2.13. The number of nitrogens with zero attached hydrogens (tertiary/aromatic N) is 1. The lowest BCUT2D eigenvalue weighted by Crippen LogP contribution is -2.19. The minimum Gasteiger partial charge on any atom is -0.454 e. The molecule has 2 aliphatic rings. The number of thioether (sulfide) groups is 1. The van der Waals surface area contributed by atoms with Gasteiger partial charge in [0.15, 0.2) is 16.7 Å². The van der Waals surface area contributed by atoms with Crippen molar-refractivity contribution in [1.29, 1.82) is 0 Å². The molecular formula is C18H13ClN2O3S. The van der Waals surface area contributed by atoms with Crippen molar-refractivity contribution in [3.63, 3.8) is 0 Å².